The van der Waals surface area contributed by atoms with Gasteiger partial charge in [-0.2, -0.15) is 0 Å². The molecule has 2 nitrogen and oxygen atoms in total. The van der Waals surface area contributed by atoms with Crippen molar-refractivity contribution in [1.82, 2.24) is 0 Å². The van der Waals surface area contributed by atoms with E-state index in [0.29, 0.717) is 10.6 Å². The van der Waals surface area contributed by atoms with Crippen LogP contribution < -0.4 is 0 Å². The van der Waals surface area contributed by atoms with Crippen LogP contribution in [0.4, 0.5) is 0 Å². The molecule has 1 aromatic rings. The largest absolute Gasteiger partial charge is 0.508 e. The first-order valence-corrected chi connectivity index (χ1v) is 4.04. The number of aryl methyl sites for hydroxylation is 1. The molecule has 0 heterocycles. The van der Waals surface area contributed by atoms with Crippen LogP contribution in [0.2, 0.25) is 5.02 Å². The third-order valence-electron chi connectivity index (χ3n) is 1.95. The summed E-state index contributed by atoms with van der Waals surface area (Å²) in [6.07, 6.45) is 0. The molecule has 0 bridgehead atoms. The zero-order chi connectivity index (χ0) is 9.30. The van der Waals surface area contributed by atoms with Crippen LogP contribution >= 0.6 is 11.6 Å². The van der Waals surface area contributed by atoms with Gasteiger partial charge in [0.05, 0.1) is 6.61 Å². The summed E-state index contributed by atoms with van der Waals surface area (Å²) in [5, 5.41) is 18.9. The Morgan fingerprint density at radius 3 is 2.50 bits per heavy atom. The molecule has 12 heavy (non-hydrogen) atoms. The summed E-state index contributed by atoms with van der Waals surface area (Å²) in [5.41, 5.74) is 2.08. The maximum Gasteiger partial charge on any atom is 0.121 e. The Morgan fingerprint density at radius 1 is 1.42 bits per heavy atom. The first-order chi connectivity index (χ1) is 5.57. The quantitative estimate of drug-likeness (QED) is 0.706. The van der Waals surface area contributed by atoms with Crippen molar-refractivity contribution < 1.29 is 10.2 Å². The van der Waals surface area contributed by atoms with Crippen LogP contribution in [-0.4, -0.2) is 10.2 Å². The van der Waals surface area contributed by atoms with Crippen molar-refractivity contribution in [2.45, 2.75) is 20.5 Å². The van der Waals surface area contributed by atoms with E-state index >= 15 is 0 Å². The van der Waals surface area contributed by atoms with Crippen LogP contribution in [0.5, 0.6) is 5.75 Å². The summed E-state index contributed by atoms with van der Waals surface area (Å²) in [6, 6.07) is 1.56. The second kappa shape index (κ2) is 3.33. The van der Waals surface area contributed by atoms with Gasteiger partial charge in [-0.3, -0.25) is 0 Å². The minimum absolute atomic E-state index is 0.108. The smallest absolute Gasteiger partial charge is 0.121 e. The maximum absolute atomic E-state index is 9.38. The average molecular weight is 187 g/mol. The molecular formula is C9H11ClO2. The molecule has 0 fully saturated rings. The second-order valence-electron chi connectivity index (χ2n) is 2.79. The first kappa shape index (κ1) is 9.36. The molecule has 0 aromatic heterocycles. The molecule has 3 heteroatoms. The Balaban J connectivity index is 3.40. The standard InChI is InChI=1S/C9H11ClO2/c1-5-3-8(12)7(4-11)6(2)9(5)10/h3,11-12H,4H2,1-2H3. The molecule has 0 saturated heterocycles. The lowest BCUT2D eigenvalue weighted by Gasteiger charge is -2.09. The molecule has 0 saturated carbocycles. The summed E-state index contributed by atoms with van der Waals surface area (Å²) in [5.74, 6) is 0.108. The number of hydrogen-bond donors (Lipinski definition) is 2. The highest BCUT2D eigenvalue weighted by Crippen LogP contribution is 2.30. The van der Waals surface area contributed by atoms with Gasteiger partial charge >= 0.3 is 0 Å². The van der Waals surface area contributed by atoms with E-state index in [0.717, 1.165) is 11.1 Å². The van der Waals surface area contributed by atoms with Crippen LogP contribution in [0.3, 0.4) is 0 Å². The number of phenols is 1. The first-order valence-electron chi connectivity index (χ1n) is 3.66. The Hall–Kier alpha value is -0.730. The molecule has 0 unspecified atom stereocenters. The molecule has 0 spiro atoms. The molecular weight excluding hydrogens is 176 g/mol. The Bertz CT molecular complexity index is 308. The van der Waals surface area contributed by atoms with E-state index in [2.05, 4.69) is 0 Å². The lowest BCUT2D eigenvalue weighted by molar-refractivity contribution is 0.274. The zero-order valence-electron chi connectivity index (χ0n) is 7.06. The van der Waals surface area contributed by atoms with Crippen molar-refractivity contribution in [3.05, 3.63) is 27.8 Å². The van der Waals surface area contributed by atoms with Gasteiger partial charge in [-0.05, 0) is 31.0 Å². The van der Waals surface area contributed by atoms with Gasteiger partial charge in [-0.15, -0.1) is 0 Å². The molecule has 66 valence electrons. The number of hydrogen-bond acceptors (Lipinski definition) is 2. The van der Waals surface area contributed by atoms with E-state index in [1.54, 1.807) is 13.0 Å². The third kappa shape index (κ3) is 1.40. The van der Waals surface area contributed by atoms with E-state index < -0.39 is 0 Å². The minimum atomic E-state index is -0.183. The maximum atomic E-state index is 9.38. The summed E-state index contributed by atoms with van der Waals surface area (Å²) < 4.78 is 0. The molecule has 0 atom stereocenters. The lowest BCUT2D eigenvalue weighted by atomic mass is 10.0. The fraction of sp³-hybridized carbons (Fsp3) is 0.333. The molecule has 1 aromatic carbocycles. The van der Waals surface area contributed by atoms with Gasteiger partial charge in [-0.25, -0.2) is 0 Å². The number of halogens is 1. The number of benzene rings is 1. The van der Waals surface area contributed by atoms with Gasteiger partial charge in [0.25, 0.3) is 0 Å². The molecule has 0 aliphatic carbocycles. The fourth-order valence-electron chi connectivity index (χ4n) is 1.18. The predicted molar refractivity (Wildman–Crippen MR) is 48.5 cm³/mol. The van der Waals surface area contributed by atoms with Gasteiger partial charge in [0.1, 0.15) is 5.75 Å². The van der Waals surface area contributed by atoms with Crippen LogP contribution in [0.25, 0.3) is 0 Å². The third-order valence-corrected chi connectivity index (χ3v) is 2.53. The van der Waals surface area contributed by atoms with Gasteiger partial charge in [0.2, 0.25) is 0 Å². The SMILES string of the molecule is Cc1cc(O)c(CO)c(C)c1Cl. The molecule has 1 rings (SSSR count). The number of rotatable bonds is 1. The number of aromatic hydroxyl groups is 1. The Labute approximate surface area is 76.4 Å². The molecule has 0 radical (unpaired) electrons. The summed E-state index contributed by atoms with van der Waals surface area (Å²) in [6.45, 7) is 3.41. The van der Waals surface area contributed by atoms with Crippen LogP contribution in [0.1, 0.15) is 16.7 Å². The topological polar surface area (TPSA) is 40.5 Å². The molecule has 2 N–H and O–H groups in total. The number of aliphatic hydroxyl groups excluding tert-OH is 1. The number of aliphatic hydroxyl groups is 1. The van der Waals surface area contributed by atoms with Gasteiger partial charge in [0.15, 0.2) is 0 Å². The predicted octanol–water partition coefficient (Wildman–Crippen LogP) is 2.15. The van der Waals surface area contributed by atoms with Gasteiger partial charge < -0.3 is 10.2 Å². The molecule has 0 amide bonds. The second-order valence-corrected chi connectivity index (χ2v) is 3.17. The van der Waals surface area contributed by atoms with Crippen molar-refractivity contribution in [3.63, 3.8) is 0 Å². The van der Waals surface area contributed by atoms with Crippen molar-refractivity contribution >= 4 is 11.6 Å². The van der Waals surface area contributed by atoms with E-state index in [1.165, 1.54) is 0 Å². The van der Waals surface area contributed by atoms with E-state index in [4.69, 9.17) is 16.7 Å². The highest BCUT2D eigenvalue weighted by atomic mass is 35.5. The summed E-state index contributed by atoms with van der Waals surface area (Å²) >= 11 is 5.91. The van der Waals surface area contributed by atoms with Crippen molar-refractivity contribution in [1.29, 1.82) is 0 Å². The highest BCUT2D eigenvalue weighted by molar-refractivity contribution is 6.32. The monoisotopic (exact) mass is 186 g/mol. The fourth-order valence-corrected chi connectivity index (χ4v) is 1.34. The van der Waals surface area contributed by atoms with Crippen molar-refractivity contribution in [3.8, 4) is 5.75 Å². The van der Waals surface area contributed by atoms with Crippen LogP contribution in [-0.2, 0) is 6.61 Å². The van der Waals surface area contributed by atoms with Crippen LogP contribution in [0.15, 0.2) is 6.07 Å². The van der Waals surface area contributed by atoms with E-state index in [9.17, 15) is 5.11 Å². The Kier molecular flexibility index (Phi) is 2.60. The molecule has 0 aliphatic rings. The highest BCUT2D eigenvalue weighted by Gasteiger charge is 2.09. The summed E-state index contributed by atoms with van der Waals surface area (Å²) in [4.78, 5) is 0. The minimum Gasteiger partial charge on any atom is -0.508 e. The van der Waals surface area contributed by atoms with Crippen molar-refractivity contribution in [2.24, 2.45) is 0 Å². The molecule has 0 aliphatic heterocycles. The van der Waals surface area contributed by atoms with Gasteiger partial charge in [0, 0.05) is 10.6 Å². The Morgan fingerprint density at radius 2 is 2.00 bits per heavy atom. The lowest BCUT2D eigenvalue weighted by Crippen LogP contribution is -1.92. The summed E-state index contributed by atoms with van der Waals surface area (Å²) in [7, 11) is 0. The van der Waals surface area contributed by atoms with Crippen molar-refractivity contribution in [2.75, 3.05) is 0 Å². The van der Waals surface area contributed by atoms with E-state index in [-0.39, 0.29) is 12.4 Å². The zero-order valence-corrected chi connectivity index (χ0v) is 7.81. The van der Waals surface area contributed by atoms with Gasteiger partial charge in [-0.1, -0.05) is 11.6 Å². The van der Waals surface area contributed by atoms with Crippen LogP contribution in [0, 0.1) is 13.8 Å². The normalized spacial score (nSPS) is 10.3. The van der Waals surface area contributed by atoms with E-state index in [1.807, 2.05) is 6.92 Å². The average Bonchev–Trinajstić information content (AvgIpc) is 2.01.